The van der Waals surface area contributed by atoms with E-state index in [-0.39, 0.29) is 11.3 Å². The molecule has 1 unspecified atom stereocenters. The lowest BCUT2D eigenvalue weighted by Gasteiger charge is -2.30. The Bertz CT molecular complexity index is 1410. The van der Waals surface area contributed by atoms with Crippen LogP contribution in [0.25, 0.3) is 10.8 Å². The number of Topliss-reactive ketones (excluding diaryl/α,β-unsaturated/α-hetero) is 1. The number of carbonyl (C=O) groups excluding carboxylic acids is 3. The molecule has 0 fully saturated rings. The molecule has 0 saturated carbocycles. The first-order chi connectivity index (χ1) is 17.5. The maximum Gasteiger partial charge on any atom is 0.310 e. The van der Waals surface area contributed by atoms with Gasteiger partial charge >= 0.3 is 11.9 Å². The molecule has 0 aliphatic rings. The topological polar surface area (TPSA) is 135 Å². The molecule has 3 aromatic rings. The maximum atomic E-state index is 13.4. The van der Waals surface area contributed by atoms with Crippen LogP contribution in [0.3, 0.4) is 0 Å². The van der Waals surface area contributed by atoms with E-state index in [9.17, 15) is 32.7 Å². The number of ketones is 1. The molecule has 1 amide bonds. The monoisotopic (exact) mass is 525 g/mol. The molecule has 1 atom stereocenters. The summed E-state index contributed by atoms with van der Waals surface area (Å²) in [7, 11) is -4.59. The van der Waals surface area contributed by atoms with Gasteiger partial charge in [0, 0.05) is 5.92 Å². The number of aliphatic carboxylic acids is 1. The number of carboxylic acid groups (broad SMARTS) is 1. The van der Waals surface area contributed by atoms with E-state index in [2.05, 4.69) is 0 Å². The first-order valence-corrected chi connectivity index (χ1v) is 13.0. The predicted molar refractivity (Wildman–Crippen MR) is 135 cm³/mol. The lowest BCUT2D eigenvalue weighted by molar-refractivity contribution is -0.150. The quantitative estimate of drug-likeness (QED) is 0.377. The summed E-state index contributed by atoms with van der Waals surface area (Å²) in [6.45, 7) is 1.97. The van der Waals surface area contributed by atoms with Gasteiger partial charge in [-0.25, -0.2) is 12.7 Å². The van der Waals surface area contributed by atoms with Gasteiger partial charge < -0.3 is 9.84 Å². The van der Waals surface area contributed by atoms with Crippen LogP contribution in [0.5, 0.6) is 0 Å². The van der Waals surface area contributed by atoms with Crippen molar-refractivity contribution in [3.8, 4) is 0 Å². The van der Waals surface area contributed by atoms with Gasteiger partial charge in [0.25, 0.3) is 10.0 Å². The minimum atomic E-state index is -4.59. The van der Waals surface area contributed by atoms with Crippen molar-refractivity contribution >= 4 is 44.4 Å². The first kappa shape index (κ1) is 27.5. The zero-order valence-corrected chi connectivity index (χ0v) is 21.2. The van der Waals surface area contributed by atoms with E-state index < -0.39 is 58.6 Å². The highest BCUT2D eigenvalue weighted by Gasteiger charge is 2.41. The number of rotatable bonds is 11. The van der Waals surface area contributed by atoms with Crippen molar-refractivity contribution in [1.29, 1.82) is 0 Å². The summed E-state index contributed by atoms with van der Waals surface area (Å²) in [6.07, 6.45) is -1.14. The average Bonchev–Trinajstić information content (AvgIpc) is 2.87. The number of carbonyl (C=O) groups is 4. The number of esters is 1. The number of sulfonamides is 1. The molecule has 0 heterocycles. The Morgan fingerprint density at radius 3 is 2.16 bits per heavy atom. The van der Waals surface area contributed by atoms with E-state index in [1.807, 2.05) is 30.3 Å². The van der Waals surface area contributed by atoms with Crippen LogP contribution < -0.4 is 0 Å². The largest absolute Gasteiger partial charge is 0.481 e. The third-order valence-electron chi connectivity index (χ3n) is 5.62. The summed E-state index contributed by atoms with van der Waals surface area (Å²) in [5, 5.41) is 11.2. The van der Waals surface area contributed by atoms with E-state index >= 15 is 0 Å². The number of hydrogen-bond donors (Lipinski definition) is 1. The second-order valence-electron chi connectivity index (χ2n) is 8.66. The Balaban J connectivity index is 1.85. The molecule has 37 heavy (non-hydrogen) atoms. The van der Waals surface area contributed by atoms with Crippen LogP contribution >= 0.6 is 0 Å². The Kier molecular flexibility index (Phi) is 8.77. The van der Waals surface area contributed by atoms with E-state index in [4.69, 9.17) is 4.74 Å². The van der Waals surface area contributed by atoms with Crippen molar-refractivity contribution in [2.75, 3.05) is 6.61 Å². The Hall–Kier alpha value is -4.05. The first-order valence-electron chi connectivity index (χ1n) is 11.5. The van der Waals surface area contributed by atoms with Gasteiger partial charge in [-0.05, 0) is 28.5 Å². The third-order valence-corrected chi connectivity index (χ3v) is 7.44. The van der Waals surface area contributed by atoms with Gasteiger partial charge in [-0.3, -0.25) is 19.2 Å². The lowest BCUT2D eigenvalue weighted by Crippen LogP contribution is -2.52. The van der Waals surface area contributed by atoms with Crippen molar-refractivity contribution in [3.05, 3.63) is 78.4 Å². The number of amides is 1. The fourth-order valence-corrected chi connectivity index (χ4v) is 5.50. The maximum absolute atomic E-state index is 13.4. The minimum Gasteiger partial charge on any atom is -0.481 e. The summed E-state index contributed by atoms with van der Waals surface area (Å²) in [4.78, 5) is 49.9. The van der Waals surface area contributed by atoms with E-state index in [1.54, 1.807) is 18.2 Å². The standard InChI is InChI=1S/C27H27NO8S/c1-18(2)27(33)28(37(34,35)21-12-4-3-5-13-21)23(16-25(30)31)24(29)17-36-26(32)15-20-11-8-10-19-9-6-7-14-22(19)20/h3-14,18,23H,15-17H2,1-2H3,(H,30,31). The number of carboxylic acids is 1. The molecule has 0 aromatic heterocycles. The normalized spacial score (nSPS) is 12.2. The molecule has 10 heteroatoms. The SMILES string of the molecule is CC(C)C(=O)N(C(CC(=O)O)C(=O)COC(=O)Cc1cccc2ccccc12)S(=O)(=O)c1ccccc1. The molecule has 0 saturated heterocycles. The molecule has 0 spiro atoms. The van der Waals surface area contributed by atoms with Gasteiger partial charge in [-0.2, -0.15) is 0 Å². The van der Waals surface area contributed by atoms with Crippen molar-refractivity contribution < 1.29 is 37.4 Å². The predicted octanol–water partition coefficient (Wildman–Crippen LogP) is 3.21. The summed E-state index contributed by atoms with van der Waals surface area (Å²) in [5.74, 6) is -5.10. The van der Waals surface area contributed by atoms with E-state index in [0.717, 1.165) is 10.8 Å². The van der Waals surface area contributed by atoms with Gasteiger partial charge in [0.2, 0.25) is 5.91 Å². The number of hydrogen-bond acceptors (Lipinski definition) is 7. The summed E-state index contributed by atoms with van der Waals surface area (Å²) >= 11 is 0. The van der Waals surface area contributed by atoms with Gasteiger partial charge in [-0.1, -0.05) is 74.5 Å². The van der Waals surface area contributed by atoms with E-state index in [1.165, 1.54) is 38.1 Å². The molecule has 3 aromatic carbocycles. The minimum absolute atomic E-state index is 0.158. The molecular weight excluding hydrogens is 498 g/mol. The lowest BCUT2D eigenvalue weighted by atomic mass is 10.0. The molecule has 0 bridgehead atoms. The Morgan fingerprint density at radius 1 is 0.892 bits per heavy atom. The van der Waals surface area contributed by atoms with Crippen LogP contribution in [-0.2, 0) is 40.4 Å². The fraction of sp³-hybridized carbons (Fsp3) is 0.259. The third kappa shape index (κ3) is 6.59. The van der Waals surface area contributed by atoms with Crippen LogP contribution in [0.1, 0.15) is 25.8 Å². The molecular formula is C27H27NO8S. The Morgan fingerprint density at radius 2 is 1.51 bits per heavy atom. The van der Waals surface area contributed by atoms with Gasteiger partial charge in [-0.15, -0.1) is 0 Å². The zero-order valence-electron chi connectivity index (χ0n) is 20.4. The van der Waals surface area contributed by atoms with Crippen molar-refractivity contribution in [3.63, 3.8) is 0 Å². The number of ether oxygens (including phenoxy) is 1. The smallest absolute Gasteiger partial charge is 0.310 e. The summed E-state index contributed by atoms with van der Waals surface area (Å²) < 4.78 is 32.1. The van der Waals surface area contributed by atoms with Crippen molar-refractivity contribution in [1.82, 2.24) is 4.31 Å². The highest BCUT2D eigenvalue weighted by Crippen LogP contribution is 2.24. The van der Waals surface area contributed by atoms with Crippen molar-refractivity contribution in [2.45, 2.75) is 37.6 Å². The van der Waals surface area contributed by atoms with Crippen molar-refractivity contribution in [2.24, 2.45) is 5.92 Å². The van der Waals surface area contributed by atoms with Crippen LogP contribution in [0.2, 0.25) is 0 Å². The highest BCUT2D eigenvalue weighted by atomic mass is 32.2. The number of nitrogens with zero attached hydrogens (tertiary/aromatic N) is 1. The molecule has 0 aliphatic carbocycles. The van der Waals surface area contributed by atoms with Crippen LogP contribution in [0, 0.1) is 5.92 Å². The molecule has 1 N–H and O–H groups in total. The number of fused-ring (bicyclic) bond motifs is 1. The highest BCUT2D eigenvalue weighted by molar-refractivity contribution is 7.89. The van der Waals surface area contributed by atoms with Gasteiger partial charge in [0.1, 0.15) is 6.04 Å². The molecule has 9 nitrogen and oxygen atoms in total. The van der Waals surface area contributed by atoms with Crippen LogP contribution in [-0.4, -0.2) is 54.1 Å². The average molecular weight is 526 g/mol. The van der Waals surface area contributed by atoms with Gasteiger partial charge in [0.05, 0.1) is 17.7 Å². The zero-order chi connectivity index (χ0) is 27.2. The molecule has 3 rings (SSSR count). The summed E-state index contributed by atoms with van der Waals surface area (Å²) in [5.41, 5.74) is 0.668. The second-order valence-corrected chi connectivity index (χ2v) is 10.5. The summed E-state index contributed by atoms with van der Waals surface area (Å²) in [6, 6.07) is 17.9. The van der Waals surface area contributed by atoms with Gasteiger partial charge in [0.15, 0.2) is 12.4 Å². The second kappa shape index (κ2) is 11.8. The van der Waals surface area contributed by atoms with Crippen LogP contribution in [0.15, 0.2) is 77.7 Å². The number of benzene rings is 3. The molecule has 0 aliphatic heterocycles. The molecule has 194 valence electrons. The molecule has 0 radical (unpaired) electrons. The Labute approximate surface area is 214 Å². The van der Waals surface area contributed by atoms with E-state index in [0.29, 0.717) is 9.87 Å². The fourth-order valence-electron chi connectivity index (χ4n) is 3.79. The van der Waals surface area contributed by atoms with Crippen LogP contribution in [0.4, 0.5) is 0 Å².